The van der Waals surface area contributed by atoms with Gasteiger partial charge in [-0.25, -0.2) is 0 Å². The normalized spacial score (nSPS) is 13.6. The summed E-state index contributed by atoms with van der Waals surface area (Å²) in [4.78, 5) is 0. The SMILES string of the molecule is CC(C)C(C)(C)O.CC(C)C(C)(CO)CO.CC(C)CO.CC(C)[C@@H](C)O.CC(C)[C@H](C)O.CC(C)[C@H](O)CO. The highest BCUT2D eigenvalue weighted by molar-refractivity contribution is 4.75. The maximum absolute atomic E-state index is 9.09. The Morgan fingerprint density at radius 1 is 0.475 bits per heavy atom. The maximum atomic E-state index is 9.09. The summed E-state index contributed by atoms with van der Waals surface area (Å²) in [5, 5.41) is 69.0. The summed E-state index contributed by atoms with van der Waals surface area (Å²) in [5.74, 6) is 2.11. The summed E-state index contributed by atoms with van der Waals surface area (Å²) in [5.41, 5.74) is -0.806. The molecule has 8 nitrogen and oxygen atoms in total. The summed E-state index contributed by atoms with van der Waals surface area (Å²) in [6.45, 7) is 33.0. The third-order valence-corrected chi connectivity index (χ3v) is 6.78. The first-order valence-corrected chi connectivity index (χ1v) is 14.9. The number of hydrogen-bond donors (Lipinski definition) is 8. The van der Waals surface area contributed by atoms with Crippen molar-refractivity contribution in [1.29, 1.82) is 0 Å². The van der Waals surface area contributed by atoms with Gasteiger partial charge in [0.1, 0.15) is 0 Å². The monoisotopic (exact) mass is 589 g/mol. The van der Waals surface area contributed by atoms with Crippen LogP contribution in [0.3, 0.4) is 0 Å². The number of aliphatic hydroxyl groups is 8. The second kappa shape index (κ2) is 30.1. The highest BCUT2D eigenvalue weighted by atomic mass is 16.3. The van der Waals surface area contributed by atoms with Gasteiger partial charge < -0.3 is 40.9 Å². The van der Waals surface area contributed by atoms with E-state index in [2.05, 4.69) is 0 Å². The molecular formula is C32H76O8. The van der Waals surface area contributed by atoms with E-state index in [-0.39, 0.29) is 43.4 Å². The molecule has 0 unspecified atom stereocenters. The molecule has 40 heavy (non-hydrogen) atoms. The standard InChI is InChI=1S/C7H16O2.C6H14O.C5H12O2.2C5H12O.C4H10O/c1-6(2)7(3,4-8)5-9;1-5(2)6(3,4)7;1-4(2)5(7)3-6;2*1-4(2)5(3)6;1-4(2)3-5/h6,8-9H,4-5H2,1-3H3;5,7H,1-4H3;4-7H,3H2,1-2H3;2*4-6H,1-3H3;4-5H,3H2,1-2H3/t;;3*5-;/m..110./s1. The Balaban J connectivity index is -0.0000000876. The lowest BCUT2D eigenvalue weighted by Gasteiger charge is -2.28. The van der Waals surface area contributed by atoms with Crippen LogP contribution < -0.4 is 0 Å². The first kappa shape index (κ1) is 52.3. The van der Waals surface area contributed by atoms with Crippen molar-refractivity contribution < 1.29 is 40.9 Å². The van der Waals surface area contributed by atoms with Gasteiger partial charge in [0.2, 0.25) is 0 Å². The highest BCUT2D eigenvalue weighted by Crippen LogP contribution is 2.24. The average Bonchev–Trinajstić information content (AvgIpc) is 2.83. The lowest BCUT2D eigenvalue weighted by molar-refractivity contribution is 0.0321. The summed E-state index contributed by atoms with van der Waals surface area (Å²) in [6.07, 6.45) is -0.838. The van der Waals surface area contributed by atoms with Crippen molar-refractivity contribution in [3.05, 3.63) is 0 Å². The van der Waals surface area contributed by atoms with Crippen LogP contribution >= 0.6 is 0 Å². The average molecular weight is 589 g/mol. The molecule has 252 valence electrons. The van der Waals surface area contributed by atoms with E-state index < -0.39 is 11.7 Å². The molecule has 8 heteroatoms. The Hall–Kier alpha value is -0.320. The molecule has 0 heterocycles. The molecule has 0 amide bonds. The zero-order valence-electron chi connectivity index (χ0n) is 29.6. The Morgan fingerprint density at radius 2 is 0.700 bits per heavy atom. The summed E-state index contributed by atoms with van der Waals surface area (Å²) >= 11 is 0. The van der Waals surface area contributed by atoms with Gasteiger partial charge in [0.05, 0.1) is 43.7 Å². The van der Waals surface area contributed by atoms with Crippen molar-refractivity contribution in [3.63, 3.8) is 0 Å². The van der Waals surface area contributed by atoms with Gasteiger partial charge in [0, 0.05) is 12.0 Å². The molecule has 0 aromatic heterocycles. The molecule has 0 spiro atoms. The molecule has 0 saturated heterocycles. The third-order valence-electron chi connectivity index (χ3n) is 6.78. The topological polar surface area (TPSA) is 162 Å². The first-order valence-electron chi connectivity index (χ1n) is 14.9. The maximum Gasteiger partial charge on any atom is 0.0793 e. The molecule has 0 aliphatic heterocycles. The Bertz CT molecular complexity index is 440. The lowest BCUT2D eigenvalue weighted by atomic mass is 9.81. The van der Waals surface area contributed by atoms with Crippen LogP contribution in [0.2, 0.25) is 0 Å². The molecule has 0 aliphatic carbocycles. The minimum absolute atomic E-state index is 0.0567. The van der Waals surface area contributed by atoms with Gasteiger partial charge >= 0.3 is 0 Å². The molecule has 0 aliphatic rings. The molecule has 0 saturated carbocycles. The van der Waals surface area contributed by atoms with Gasteiger partial charge in [-0.3, -0.25) is 0 Å². The minimum Gasteiger partial charge on any atom is -0.396 e. The van der Waals surface area contributed by atoms with Crippen LogP contribution in [0, 0.1) is 40.9 Å². The summed E-state index contributed by atoms with van der Waals surface area (Å²) < 4.78 is 0. The van der Waals surface area contributed by atoms with E-state index >= 15 is 0 Å². The van der Waals surface area contributed by atoms with Crippen LogP contribution in [0.15, 0.2) is 0 Å². The molecule has 0 aromatic carbocycles. The van der Waals surface area contributed by atoms with E-state index in [9.17, 15) is 0 Å². The van der Waals surface area contributed by atoms with Crippen LogP contribution in [0.4, 0.5) is 0 Å². The van der Waals surface area contributed by atoms with E-state index in [1.165, 1.54) is 0 Å². The van der Waals surface area contributed by atoms with Gasteiger partial charge in [0.15, 0.2) is 0 Å². The Labute approximate surface area is 249 Å². The number of aliphatic hydroxyl groups excluding tert-OH is 7. The van der Waals surface area contributed by atoms with Crippen molar-refractivity contribution >= 4 is 0 Å². The molecule has 8 N–H and O–H groups in total. The minimum atomic E-state index is -0.542. The fourth-order valence-corrected chi connectivity index (χ4v) is 0.626. The Morgan fingerprint density at radius 3 is 0.700 bits per heavy atom. The van der Waals surface area contributed by atoms with Gasteiger partial charge in [-0.05, 0) is 63.2 Å². The molecule has 0 fully saturated rings. The summed E-state index contributed by atoms with van der Waals surface area (Å²) in [6, 6.07) is 0. The van der Waals surface area contributed by atoms with E-state index in [1.807, 2.05) is 104 Å². The largest absolute Gasteiger partial charge is 0.396 e. The fraction of sp³-hybridized carbons (Fsp3) is 1.00. The zero-order valence-corrected chi connectivity index (χ0v) is 29.6. The number of rotatable bonds is 9. The van der Waals surface area contributed by atoms with Crippen LogP contribution in [0.5, 0.6) is 0 Å². The van der Waals surface area contributed by atoms with Crippen LogP contribution in [-0.4, -0.2) is 91.2 Å². The Kier molecular flexibility index (Phi) is 39.4. The fourth-order valence-electron chi connectivity index (χ4n) is 0.626. The second-order valence-electron chi connectivity index (χ2n) is 13.5. The summed E-state index contributed by atoms with van der Waals surface area (Å²) in [7, 11) is 0. The van der Waals surface area contributed by atoms with E-state index in [1.54, 1.807) is 13.8 Å². The van der Waals surface area contributed by atoms with Gasteiger partial charge in [0.25, 0.3) is 0 Å². The van der Waals surface area contributed by atoms with Crippen molar-refractivity contribution in [2.75, 3.05) is 26.4 Å². The molecule has 3 atom stereocenters. The molecular weight excluding hydrogens is 512 g/mol. The van der Waals surface area contributed by atoms with Gasteiger partial charge in [-0.2, -0.15) is 0 Å². The zero-order chi connectivity index (χ0) is 34.0. The predicted molar refractivity (Wildman–Crippen MR) is 171 cm³/mol. The molecule has 0 radical (unpaired) electrons. The third kappa shape index (κ3) is 44.7. The van der Waals surface area contributed by atoms with Crippen LogP contribution in [0.25, 0.3) is 0 Å². The van der Waals surface area contributed by atoms with Gasteiger partial charge in [-0.1, -0.05) is 90.0 Å². The van der Waals surface area contributed by atoms with E-state index in [0.717, 1.165) is 0 Å². The number of hydrogen-bond acceptors (Lipinski definition) is 8. The van der Waals surface area contributed by atoms with Crippen LogP contribution in [-0.2, 0) is 0 Å². The predicted octanol–water partition coefficient (Wildman–Crippen LogP) is 4.72. The smallest absolute Gasteiger partial charge is 0.0793 e. The first-order chi connectivity index (χ1) is 17.7. The van der Waals surface area contributed by atoms with E-state index in [4.69, 9.17) is 40.9 Å². The highest BCUT2D eigenvalue weighted by Gasteiger charge is 2.26. The van der Waals surface area contributed by atoms with Crippen LogP contribution in [0.1, 0.15) is 118 Å². The quantitative estimate of drug-likeness (QED) is 0.192. The van der Waals surface area contributed by atoms with Gasteiger partial charge in [-0.15, -0.1) is 0 Å². The molecule has 0 aromatic rings. The van der Waals surface area contributed by atoms with Crippen molar-refractivity contribution in [2.45, 2.75) is 142 Å². The van der Waals surface area contributed by atoms with E-state index in [0.29, 0.717) is 36.2 Å². The van der Waals surface area contributed by atoms with Crippen molar-refractivity contribution in [1.82, 2.24) is 0 Å². The lowest BCUT2D eigenvalue weighted by Crippen LogP contribution is -2.31. The molecule has 0 bridgehead atoms. The second-order valence-corrected chi connectivity index (χ2v) is 13.5. The molecule has 0 rings (SSSR count). The van der Waals surface area contributed by atoms with Crippen molar-refractivity contribution in [3.8, 4) is 0 Å². The van der Waals surface area contributed by atoms with Crippen molar-refractivity contribution in [2.24, 2.45) is 40.9 Å².